The first-order chi connectivity index (χ1) is 9.13. The fourth-order valence-corrected chi connectivity index (χ4v) is 2.30. The predicted octanol–water partition coefficient (Wildman–Crippen LogP) is 4.47. The monoisotopic (exact) mass is 293 g/mol. The van der Waals surface area contributed by atoms with Gasteiger partial charge in [0.1, 0.15) is 16.8 Å². The van der Waals surface area contributed by atoms with Gasteiger partial charge in [-0.15, -0.1) is 11.8 Å². The molecule has 0 unspecified atom stereocenters. The number of aryl methyl sites for hydroxylation is 1. The fraction of sp³-hybridized carbons (Fsp3) is 0.286. The second-order valence-electron chi connectivity index (χ2n) is 4.11. The van der Waals surface area contributed by atoms with Crippen molar-refractivity contribution in [1.82, 2.24) is 9.97 Å². The first-order valence-corrected chi connectivity index (χ1v) is 7.68. The Morgan fingerprint density at radius 2 is 2.11 bits per heavy atom. The molecule has 100 valence electrons. The molecule has 0 bridgehead atoms. The highest BCUT2D eigenvalue weighted by atomic mass is 35.5. The lowest BCUT2D eigenvalue weighted by Gasteiger charge is -2.11. The Morgan fingerprint density at radius 1 is 1.32 bits per heavy atom. The molecule has 2 rings (SSSR count). The Balaban J connectivity index is 2.34. The van der Waals surface area contributed by atoms with Crippen LogP contribution in [0.1, 0.15) is 18.3 Å². The third-order valence-corrected chi connectivity index (χ3v) is 3.87. The van der Waals surface area contributed by atoms with E-state index in [1.54, 1.807) is 11.8 Å². The number of hydrogen-bond donors (Lipinski definition) is 1. The highest BCUT2D eigenvalue weighted by Gasteiger charge is 2.08. The summed E-state index contributed by atoms with van der Waals surface area (Å²) in [5.74, 6) is 1.52. The molecule has 1 N–H and O–H groups in total. The number of nitrogens with zero attached hydrogens (tertiary/aromatic N) is 2. The van der Waals surface area contributed by atoms with Crippen molar-refractivity contribution >= 4 is 34.9 Å². The maximum absolute atomic E-state index is 6.13. The van der Waals surface area contributed by atoms with Gasteiger partial charge in [-0.05, 0) is 31.4 Å². The largest absolute Gasteiger partial charge is 0.340 e. The maximum atomic E-state index is 6.13. The normalized spacial score (nSPS) is 10.5. The van der Waals surface area contributed by atoms with Crippen LogP contribution in [0, 0.1) is 6.92 Å². The molecule has 19 heavy (non-hydrogen) atoms. The van der Waals surface area contributed by atoms with Gasteiger partial charge in [-0.25, -0.2) is 9.97 Å². The van der Waals surface area contributed by atoms with E-state index in [9.17, 15) is 0 Å². The van der Waals surface area contributed by atoms with Crippen LogP contribution < -0.4 is 5.32 Å². The second-order valence-corrected chi connectivity index (χ2v) is 5.35. The molecule has 0 spiro atoms. The summed E-state index contributed by atoms with van der Waals surface area (Å²) in [6.07, 6.45) is 2.82. The van der Waals surface area contributed by atoms with Crippen molar-refractivity contribution in [3.8, 4) is 0 Å². The number of rotatable bonds is 4. The van der Waals surface area contributed by atoms with Crippen molar-refractivity contribution in [3.05, 3.63) is 40.8 Å². The van der Waals surface area contributed by atoms with Gasteiger partial charge in [0.15, 0.2) is 0 Å². The van der Waals surface area contributed by atoms with Gasteiger partial charge in [-0.3, -0.25) is 0 Å². The molecule has 0 aliphatic heterocycles. The van der Waals surface area contributed by atoms with Crippen LogP contribution >= 0.6 is 23.4 Å². The molecule has 0 saturated heterocycles. The number of halogens is 1. The SMILES string of the molecule is CCc1nc(Cl)c(C)c(Nc2cccc(SC)c2)n1. The summed E-state index contributed by atoms with van der Waals surface area (Å²) in [7, 11) is 0. The standard InChI is InChI=1S/C14H16ClN3S/c1-4-12-17-13(15)9(2)14(18-12)16-10-6-5-7-11(8-10)19-3/h5-8H,4H2,1-3H3,(H,16,17,18). The molecule has 0 aliphatic carbocycles. The minimum absolute atomic E-state index is 0.510. The summed E-state index contributed by atoms with van der Waals surface area (Å²) in [6, 6.07) is 8.20. The molecule has 3 nitrogen and oxygen atoms in total. The van der Waals surface area contributed by atoms with E-state index < -0.39 is 0 Å². The van der Waals surface area contributed by atoms with E-state index in [1.165, 1.54) is 4.90 Å². The molecule has 0 saturated carbocycles. The van der Waals surface area contributed by atoms with E-state index in [0.29, 0.717) is 5.15 Å². The molecule has 0 amide bonds. The number of benzene rings is 1. The first kappa shape index (κ1) is 14.2. The van der Waals surface area contributed by atoms with Crippen LogP contribution in [0.5, 0.6) is 0 Å². The summed E-state index contributed by atoms with van der Waals surface area (Å²) < 4.78 is 0. The zero-order chi connectivity index (χ0) is 13.8. The second kappa shape index (κ2) is 6.26. The number of anilines is 2. The van der Waals surface area contributed by atoms with Gasteiger partial charge < -0.3 is 5.32 Å². The van der Waals surface area contributed by atoms with E-state index in [0.717, 1.165) is 29.3 Å². The average Bonchev–Trinajstić information content (AvgIpc) is 2.43. The summed E-state index contributed by atoms with van der Waals surface area (Å²) in [5, 5.41) is 3.82. The van der Waals surface area contributed by atoms with Gasteiger partial charge >= 0.3 is 0 Å². The molecule has 1 aromatic carbocycles. The topological polar surface area (TPSA) is 37.8 Å². The first-order valence-electron chi connectivity index (χ1n) is 6.08. The maximum Gasteiger partial charge on any atom is 0.138 e. The Hall–Kier alpha value is -1.26. The van der Waals surface area contributed by atoms with Crippen molar-refractivity contribution < 1.29 is 0 Å². The average molecular weight is 294 g/mol. The highest BCUT2D eigenvalue weighted by molar-refractivity contribution is 7.98. The molecular formula is C14H16ClN3S. The van der Waals surface area contributed by atoms with Crippen LogP contribution in [0.2, 0.25) is 5.15 Å². The zero-order valence-corrected chi connectivity index (χ0v) is 12.8. The summed E-state index contributed by atoms with van der Waals surface area (Å²) in [4.78, 5) is 9.93. The summed E-state index contributed by atoms with van der Waals surface area (Å²) in [5.41, 5.74) is 1.88. The van der Waals surface area contributed by atoms with Crippen LogP contribution in [0.3, 0.4) is 0 Å². The molecule has 2 aromatic rings. The quantitative estimate of drug-likeness (QED) is 0.667. The van der Waals surface area contributed by atoms with Gasteiger partial charge in [0, 0.05) is 22.6 Å². The van der Waals surface area contributed by atoms with E-state index in [1.807, 2.05) is 26.0 Å². The molecule has 1 aromatic heterocycles. The minimum atomic E-state index is 0.510. The van der Waals surface area contributed by atoms with Crippen molar-refractivity contribution in [3.63, 3.8) is 0 Å². The summed E-state index contributed by atoms with van der Waals surface area (Å²) >= 11 is 7.84. The van der Waals surface area contributed by atoms with Crippen LogP contribution in [-0.2, 0) is 6.42 Å². The van der Waals surface area contributed by atoms with Crippen molar-refractivity contribution in [2.24, 2.45) is 0 Å². The molecule has 0 atom stereocenters. The van der Waals surface area contributed by atoms with E-state index >= 15 is 0 Å². The molecule has 1 heterocycles. The zero-order valence-electron chi connectivity index (χ0n) is 11.2. The third-order valence-electron chi connectivity index (χ3n) is 2.78. The molecular weight excluding hydrogens is 278 g/mol. The van der Waals surface area contributed by atoms with Crippen LogP contribution in [0.25, 0.3) is 0 Å². The van der Waals surface area contributed by atoms with Crippen molar-refractivity contribution in [2.75, 3.05) is 11.6 Å². The lowest BCUT2D eigenvalue weighted by atomic mass is 10.3. The summed E-state index contributed by atoms with van der Waals surface area (Å²) in [6.45, 7) is 3.93. The molecule has 0 fully saturated rings. The van der Waals surface area contributed by atoms with Gasteiger partial charge in [0.05, 0.1) is 0 Å². The van der Waals surface area contributed by atoms with Gasteiger partial charge in [-0.2, -0.15) is 0 Å². The van der Waals surface area contributed by atoms with E-state index in [-0.39, 0.29) is 0 Å². The Bertz CT molecular complexity index is 587. The van der Waals surface area contributed by atoms with E-state index in [4.69, 9.17) is 11.6 Å². The Morgan fingerprint density at radius 3 is 2.79 bits per heavy atom. The third kappa shape index (κ3) is 3.39. The van der Waals surface area contributed by atoms with Gasteiger partial charge in [0.25, 0.3) is 0 Å². The molecule has 5 heteroatoms. The lowest BCUT2D eigenvalue weighted by Crippen LogP contribution is -2.03. The molecule has 0 aliphatic rings. The lowest BCUT2D eigenvalue weighted by molar-refractivity contribution is 0.934. The highest BCUT2D eigenvalue weighted by Crippen LogP contribution is 2.25. The smallest absolute Gasteiger partial charge is 0.138 e. The van der Waals surface area contributed by atoms with Crippen molar-refractivity contribution in [2.45, 2.75) is 25.2 Å². The predicted molar refractivity (Wildman–Crippen MR) is 82.7 cm³/mol. The number of hydrogen-bond acceptors (Lipinski definition) is 4. The number of aromatic nitrogens is 2. The fourth-order valence-electron chi connectivity index (χ4n) is 1.65. The van der Waals surface area contributed by atoms with Crippen molar-refractivity contribution in [1.29, 1.82) is 0 Å². The Labute approximate surface area is 122 Å². The molecule has 0 radical (unpaired) electrons. The van der Waals surface area contributed by atoms with Gasteiger partial charge in [-0.1, -0.05) is 24.6 Å². The van der Waals surface area contributed by atoms with Crippen LogP contribution in [0.4, 0.5) is 11.5 Å². The number of thioether (sulfide) groups is 1. The van der Waals surface area contributed by atoms with Gasteiger partial charge in [0.2, 0.25) is 0 Å². The van der Waals surface area contributed by atoms with E-state index in [2.05, 4.69) is 33.7 Å². The van der Waals surface area contributed by atoms with Crippen LogP contribution in [0.15, 0.2) is 29.2 Å². The van der Waals surface area contributed by atoms with Crippen LogP contribution in [-0.4, -0.2) is 16.2 Å². The Kier molecular flexibility index (Phi) is 4.66. The number of nitrogens with one attached hydrogen (secondary N) is 1. The minimum Gasteiger partial charge on any atom is -0.340 e.